The van der Waals surface area contributed by atoms with Crippen molar-refractivity contribution < 1.29 is 28.7 Å². The first-order valence-electron chi connectivity index (χ1n) is 11.6. The van der Waals surface area contributed by atoms with Gasteiger partial charge in [-0.05, 0) is 57.6 Å². The van der Waals surface area contributed by atoms with E-state index in [1.54, 1.807) is 37.2 Å². The fraction of sp³-hybridized carbons (Fsp3) is 0.583. The molecule has 2 heterocycles. The Morgan fingerprint density at radius 2 is 1.97 bits per heavy atom. The molecule has 33 heavy (non-hydrogen) atoms. The van der Waals surface area contributed by atoms with Gasteiger partial charge in [-0.15, -0.1) is 0 Å². The van der Waals surface area contributed by atoms with Gasteiger partial charge in [-0.1, -0.05) is 18.0 Å². The molecule has 2 aliphatic carbocycles. The van der Waals surface area contributed by atoms with Gasteiger partial charge in [0.2, 0.25) is 0 Å². The number of aliphatic carboxylic acids is 1. The summed E-state index contributed by atoms with van der Waals surface area (Å²) in [4.78, 5) is 29.9. The fourth-order valence-electron chi connectivity index (χ4n) is 4.70. The van der Waals surface area contributed by atoms with E-state index in [1.165, 1.54) is 0 Å². The van der Waals surface area contributed by atoms with E-state index in [2.05, 4.69) is 10.1 Å². The Kier molecular flexibility index (Phi) is 7.15. The first kappa shape index (κ1) is 23.1. The van der Waals surface area contributed by atoms with Crippen molar-refractivity contribution in [1.82, 2.24) is 15.0 Å². The smallest absolute Gasteiger partial charge is 0.410 e. The number of nitrogens with zero attached hydrogens (tertiary/aromatic N) is 3. The van der Waals surface area contributed by atoms with Gasteiger partial charge in [0.1, 0.15) is 23.8 Å². The van der Waals surface area contributed by atoms with Gasteiger partial charge in [0.05, 0.1) is 29.5 Å². The highest BCUT2D eigenvalue weighted by Crippen LogP contribution is 2.30. The van der Waals surface area contributed by atoms with E-state index in [-0.39, 0.29) is 30.8 Å². The third-order valence-corrected chi connectivity index (χ3v) is 6.74. The minimum atomic E-state index is -0.763. The molecule has 1 unspecified atom stereocenters. The molecule has 2 aromatic heterocycles. The molecule has 1 amide bonds. The Balaban J connectivity index is 1.38. The number of carboxylic acids is 1. The summed E-state index contributed by atoms with van der Waals surface area (Å²) in [5.74, 6) is 0.0412. The molecule has 0 spiro atoms. The van der Waals surface area contributed by atoms with Crippen LogP contribution in [0.5, 0.6) is 5.75 Å². The number of aryl methyl sites for hydroxylation is 1. The number of carboxylic acid groups (broad SMARTS) is 1. The number of aromatic nitrogens is 2. The fourth-order valence-corrected chi connectivity index (χ4v) is 4.70. The summed E-state index contributed by atoms with van der Waals surface area (Å²) >= 11 is 0. The average molecular weight is 458 g/mol. The molecule has 9 nitrogen and oxygen atoms in total. The van der Waals surface area contributed by atoms with Crippen molar-refractivity contribution in [2.45, 2.75) is 77.0 Å². The van der Waals surface area contributed by atoms with Crippen LogP contribution in [0.15, 0.2) is 22.9 Å². The summed E-state index contributed by atoms with van der Waals surface area (Å²) in [6.45, 7) is 1.83. The highest BCUT2D eigenvalue weighted by molar-refractivity contribution is 5.70. The molecular weight excluding hydrogens is 426 g/mol. The summed E-state index contributed by atoms with van der Waals surface area (Å²) in [7, 11) is 1.78. The topological polar surface area (TPSA) is 115 Å². The zero-order valence-corrected chi connectivity index (χ0v) is 19.2. The summed E-state index contributed by atoms with van der Waals surface area (Å²) in [6.07, 6.45) is 8.30. The zero-order valence-electron chi connectivity index (χ0n) is 19.2. The van der Waals surface area contributed by atoms with Crippen LogP contribution in [0, 0.1) is 12.8 Å². The predicted octanol–water partition coefficient (Wildman–Crippen LogP) is 4.58. The van der Waals surface area contributed by atoms with Crippen molar-refractivity contribution in [2.75, 3.05) is 7.05 Å². The normalized spacial score (nSPS) is 21.0. The van der Waals surface area contributed by atoms with Crippen molar-refractivity contribution in [3.05, 3.63) is 29.7 Å². The monoisotopic (exact) mass is 457 g/mol. The Bertz CT molecular complexity index is 967. The zero-order chi connectivity index (χ0) is 23.4. The van der Waals surface area contributed by atoms with E-state index in [9.17, 15) is 14.7 Å². The first-order valence-corrected chi connectivity index (χ1v) is 11.6. The molecule has 9 heteroatoms. The molecule has 0 bridgehead atoms. The van der Waals surface area contributed by atoms with E-state index in [0.717, 1.165) is 38.5 Å². The van der Waals surface area contributed by atoms with Gasteiger partial charge in [-0.3, -0.25) is 9.78 Å². The number of hydrogen-bond acceptors (Lipinski definition) is 7. The number of carbonyl (C=O) groups is 2. The standard InChI is InChI=1S/C24H31N3O6/c1-15-20(14-31-24(30)27(2)17-7-3-4-8-17)22(26-33-15)21-11-10-19(13-25-21)32-18-9-5-6-16(12-18)23(28)29/h10-11,13,16-18H,3-9,12,14H2,1-2H3,(H,28,29)/t16-,18?/m0/s1. The Morgan fingerprint density at radius 3 is 2.67 bits per heavy atom. The lowest BCUT2D eigenvalue weighted by molar-refractivity contribution is -0.143. The van der Waals surface area contributed by atoms with Gasteiger partial charge in [0.15, 0.2) is 0 Å². The van der Waals surface area contributed by atoms with Gasteiger partial charge in [0.25, 0.3) is 0 Å². The molecule has 2 aliphatic rings. The number of ether oxygens (including phenoxy) is 2. The minimum absolute atomic E-state index is 0.0547. The Morgan fingerprint density at radius 1 is 1.18 bits per heavy atom. The van der Waals surface area contributed by atoms with Gasteiger partial charge < -0.3 is 24.0 Å². The second-order valence-corrected chi connectivity index (χ2v) is 8.99. The van der Waals surface area contributed by atoms with Gasteiger partial charge in [-0.2, -0.15) is 0 Å². The van der Waals surface area contributed by atoms with E-state index in [0.29, 0.717) is 41.3 Å². The third kappa shape index (κ3) is 5.46. The van der Waals surface area contributed by atoms with Crippen LogP contribution in [0.25, 0.3) is 11.4 Å². The van der Waals surface area contributed by atoms with Crippen LogP contribution in [0.2, 0.25) is 0 Å². The summed E-state index contributed by atoms with van der Waals surface area (Å²) < 4.78 is 16.9. The van der Waals surface area contributed by atoms with E-state index in [4.69, 9.17) is 14.0 Å². The van der Waals surface area contributed by atoms with Crippen LogP contribution >= 0.6 is 0 Å². The lowest BCUT2D eigenvalue weighted by atomic mass is 9.87. The van der Waals surface area contributed by atoms with Crippen LogP contribution in [-0.2, 0) is 16.1 Å². The molecular formula is C24H31N3O6. The Labute approximate surface area is 193 Å². The number of carbonyl (C=O) groups excluding carboxylic acids is 1. The van der Waals surface area contributed by atoms with Crippen LogP contribution in [0.1, 0.15) is 62.7 Å². The molecule has 2 saturated carbocycles. The van der Waals surface area contributed by atoms with Crippen LogP contribution in [0.4, 0.5) is 4.79 Å². The van der Waals surface area contributed by atoms with Crippen LogP contribution in [-0.4, -0.2) is 51.4 Å². The average Bonchev–Trinajstić information content (AvgIpc) is 3.48. The van der Waals surface area contributed by atoms with Gasteiger partial charge in [0, 0.05) is 13.1 Å². The molecule has 0 aliphatic heterocycles. The SMILES string of the molecule is Cc1onc(-c2ccc(OC3CCC[C@H](C(=O)O)C3)cn2)c1COC(=O)N(C)C1CCCC1. The number of hydrogen-bond donors (Lipinski definition) is 1. The second-order valence-electron chi connectivity index (χ2n) is 8.99. The van der Waals surface area contributed by atoms with Crippen molar-refractivity contribution in [3.8, 4) is 17.1 Å². The molecule has 0 radical (unpaired) electrons. The largest absolute Gasteiger partial charge is 0.489 e. The molecule has 1 N–H and O–H groups in total. The van der Waals surface area contributed by atoms with Gasteiger partial charge >= 0.3 is 12.1 Å². The number of amides is 1. The summed E-state index contributed by atoms with van der Waals surface area (Å²) in [6, 6.07) is 3.81. The van der Waals surface area contributed by atoms with Crippen LogP contribution < -0.4 is 4.74 Å². The van der Waals surface area contributed by atoms with E-state index < -0.39 is 5.97 Å². The first-order chi connectivity index (χ1) is 15.9. The van der Waals surface area contributed by atoms with Crippen molar-refractivity contribution in [1.29, 1.82) is 0 Å². The quantitative estimate of drug-likeness (QED) is 0.642. The van der Waals surface area contributed by atoms with Crippen LogP contribution in [0.3, 0.4) is 0 Å². The highest BCUT2D eigenvalue weighted by atomic mass is 16.6. The lowest BCUT2D eigenvalue weighted by Crippen LogP contribution is -2.35. The third-order valence-electron chi connectivity index (χ3n) is 6.74. The molecule has 178 valence electrons. The molecule has 2 atom stereocenters. The molecule has 0 saturated heterocycles. The number of rotatable bonds is 7. The van der Waals surface area contributed by atoms with E-state index >= 15 is 0 Å². The minimum Gasteiger partial charge on any atom is -0.489 e. The molecule has 4 rings (SSSR count). The lowest BCUT2D eigenvalue weighted by Gasteiger charge is -2.27. The van der Waals surface area contributed by atoms with Crippen molar-refractivity contribution in [3.63, 3.8) is 0 Å². The van der Waals surface area contributed by atoms with Gasteiger partial charge in [-0.25, -0.2) is 4.79 Å². The second kappa shape index (κ2) is 10.2. The number of pyridine rings is 1. The van der Waals surface area contributed by atoms with E-state index in [1.807, 2.05) is 0 Å². The molecule has 2 fully saturated rings. The maximum atomic E-state index is 12.5. The molecule has 2 aromatic rings. The maximum absolute atomic E-state index is 12.5. The predicted molar refractivity (Wildman–Crippen MR) is 119 cm³/mol. The summed E-state index contributed by atoms with van der Waals surface area (Å²) in [5.41, 5.74) is 1.79. The van der Waals surface area contributed by atoms with Crippen molar-refractivity contribution >= 4 is 12.1 Å². The maximum Gasteiger partial charge on any atom is 0.410 e. The highest BCUT2D eigenvalue weighted by Gasteiger charge is 2.28. The Hall–Kier alpha value is -3.10. The molecule has 0 aromatic carbocycles. The summed E-state index contributed by atoms with van der Waals surface area (Å²) in [5, 5.41) is 13.4. The van der Waals surface area contributed by atoms with Crippen molar-refractivity contribution in [2.24, 2.45) is 5.92 Å².